The fourth-order valence-corrected chi connectivity index (χ4v) is 5.09. The molecule has 1 unspecified atom stereocenters. The van der Waals surface area contributed by atoms with Gasteiger partial charge in [-0.3, -0.25) is 4.90 Å². The first-order valence-corrected chi connectivity index (χ1v) is 13.6. The third kappa shape index (κ3) is 9.24. The van der Waals surface area contributed by atoms with E-state index < -0.39 is 0 Å². The first kappa shape index (κ1) is 33.3. The molecule has 1 saturated heterocycles. The number of likely N-dealkylation sites (tertiary alicyclic amines) is 1. The van der Waals surface area contributed by atoms with Crippen LogP contribution in [-0.4, -0.2) is 37.5 Å². The minimum Gasteiger partial charge on any atom is -0.508 e. The Labute approximate surface area is 235 Å². The summed E-state index contributed by atoms with van der Waals surface area (Å²) in [7, 11) is 6.11. The number of piperidine rings is 1. The second-order valence-electron chi connectivity index (χ2n) is 9.83. The Hall–Kier alpha value is -2.72. The van der Waals surface area contributed by atoms with Crippen molar-refractivity contribution in [2.45, 2.75) is 74.8 Å². The summed E-state index contributed by atoms with van der Waals surface area (Å²) < 4.78 is 0. The molecule has 0 saturated carbocycles. The molecule has 4 heteroatoms. The monoisotopic (exact) mass is 514 g/mol. The Morgan fingerprint density at radius 2 is 1.58 bits per heavy atom. The number of allylic oxidation sites excluding steroid dienone is 4. The van der Waals surface area contributed by atoms with E-state index in [-0.39, 0.29) is 14.9 Å². The molecule has 2 aromatic carbocycles. The Balaban J connectivity index is 0.000000515. The third-order valence-corrected chi connectivity index (χ3v) is 7.40. The summed E-state index contributed by atoms with van der Waals surface area (Å²) in [6.07, 6.45) is 11.5. The van der Waals surface area contributed by atoms with Gasteiger partial charge in [0.2, 0.25) is 0 Å². The van der Waals surface area contributed by atoms with E-state index in [1.54, 1.807) is 6.07 Å². The molecule has 1 fully saturated rings. The number of aromatic hydroxyl groups is 1. The van der Waals surface area contributed by atoms with Crippen LogP contribution in [0.2, 0.25) is 0 Å². The lowest BCUT2D eigenvalue weighted by atomic mass is 9.82. The quantitative estimate of drug-likeness (QED) is 0.396. The predicted molar refractivity (Wildman–Crippen MR) is 168 cm³/mol. The van der Waals surface area contributed by atoms with Gasteiger partial charge in [0.15, 0.2) is 0 Å². The molecule has 3 aliphatic rings. The summed E-state index contributed by atoms with van der Waals surface area (Å²) in [6.45, 7) is 12.7. The fraction of sp³-hybridized carbons (Fsp3) is 0.471. The molecule has 2 N–H and O–H groups in total. The highest BCUT2D eigenvalue weighted by Crippen LogP contribution is 2.36. The predicted octanol–water partition coefficient (Wildman–Crippen LogP) is 8.08. The van der Waals surface area contributed by atoms with Crippen molar-refractivity contribution in [3.63, 3.8) is 0 Å². The first-order chi connectivity index (χ1) is 17.5. The number of para-hydroxylation sites is 1. The van der Waals surface area contributed by atoms with Crippen molar-refractivity contribution in [2.75, 3.05) is 19.6 Å². The number of phenols is 1. The van der Waals surface area contributed by atoms with Crippen LogP contribution in [0.15, 0.2) is 83.5 Å². The van der Waals surface area contributed by atoms with Gasteiger partial charge >= 0.3 is 0 Å². The summed E-state index contributed by atoms with van der Waals surface area (Å²) in [5, 5.41) is 12.7. The van der Waals surface area contributed by atoms with E-state index in [4.69, 9.17) is 13.0 Å². The van der Waals surface area contributed by atoms with Gasteiger partial charge < -0.3 is 10.4 Å². The lowest BCUT2D eigenvalue weighted by molar-refractivity contribution is 0.176. The van der Waals surface area contributed by atoms with Crippen molar-refractivity contribution in [2.24, 2.45) is 11.8 Å². The first-order valence-electron chi connectivity index (χ1n) is 13.6. The van der Waals surface area contributed by atoms with E-state index in [0.717, 1.165) is 42.9 Å². The molecule has 206 valence electrons. The van der Waals surface area contributed by atoms with Crippen LogP contribution < -0.4 is 5.32 Å². The van der Waals surface area contributed by atoms with Crippen LogP contribution >= 0.6 is 0 Å². The number of nitrogens with zero attached hydrogens (tertiary/aromatic N) is 1. The molecule has 1 heterocycles. The molecule has 0 amide bonds. The molecule has 2 aromatic rings. The third-order valence-electron chi connectivity index (χ3n) is 7.40. The normalized spacial score (nSPS) is 18.4. The number of hydrogen-bond acceptors (Lipinski definition) is 3. The number of hydrogen-bond donors (Lipinski definition) is 2. The minimum absolute atomic E-state index is 0. The molecule has 5 rings (SSSR count). The van der Waals surface area contributed by atoms with E-state index in [2.05, 4.69) is 59.6 Å². The van der Waals surface area contributed by atoms with Crippen LogP contribution in [0.5, 0.6) is 5.75 Å². The number of rotatable bonds is 5. The second-order valence-corrected chi connectivity index (χ2v) is 9.83. The standard InChI is InChI=1S/C23H29BN2.C7H8O.C2H6.2CH4/c1-17-5-2-3-6-19(17)16-26-13-11-18(12-14-26)15-25-23-8-4-7-20-21(23)9-10-22(20)24;1-6-4-2-3-5-7(6)8;1-2;;/h2-3,5-6,8-10,18,21,25H,4,7,11-16H2,1H3;2-5,8H,1H3;1-2H3;2*1H4. The SMILES string of the molecule is C.C.CC.Cc1ccccc1O.[B]C1=C2CCC=C(NCC3CCN(Cc4ccccc4C)CC3)C2C=C1. The van der Waals surface area contributed by atoms with E-state index in [1.807, 2.05) is 39.0 Å². The van der Waals surface area contributed by atoms with Crippen molar-refractivity contribution in [1.82, 2.24) is 10.2 Å². The van der Waals surface area contributed by atoms with Crippen molar-refractivity contribution in [3.05, 3.63) is 100 Å². The highest BCUT2D eigenvalue weighted by molar-refractivity contribution is 6.24. The summed E-state index contributed by atoms with van der Waals surface area (Å²) in [6, 6.07) is 16.0. The van der Waals surface area contributed by atoms with Gasteiger partial charge in [-0.25, -0.2) is 0 Å². The average molecular weight is 515 g/mol. The topological polar surface area (TPSA) is 35.5 Å². The van der Waals surface area contributed by atoms with E-state index in [1.165, 1.54) is 48.3 Å². The van der Waals surface area contributed by atoms with Crippen LogP contribution in [0.25, 0.3) is 0 Å². The maximum Gasteiger partial charge on any atom is 0.118 e. The van der Waals surface area contributed by atoms with Crippen molar-refractivity contribution in [3.8, 4) is 5.75 Å². The smallest absolute Gasteiger partial charge is 0.118 e. The molecule has 0 bridgehead atoms. The highest BCUT2D eigenvalue weighted by atomic mass is 16.3. The van der Waals surface area contributed by atoms with Gasteiger partial charge in [0.25, 0.3) is 0 Å². The Morgan fingerprint density at radius 3 is 2.18 bits per heavy atom. The Morgan fingerprint density at radius 1 is 0.947 bits per heavy atom. The van der Waals surface area contributed by atoms with E-state index >= 15 is 0 Å². The van der Waals surface area contributed by atoms with Crippen LogP contribution in [0.4, 0.5) is 0 Å². The Bertz CT molecular complexity index is 1040. The average Bonchev–Trinajstić information content (AvgIpc) is 3.30. The molecular formula is C34H51BN2O. The van der Waals surface area contributed by atoms with Crippen molar-refractivity contribution >= 4 is 7.85 Å². The zero-order chi connectivity index (χ0) is 25.9. The van der Waals surface area contributed by atoms with E-state index in [0.29, 0.717) is 11.7 Å². The molecule has 2 aliphatic carbocycles. The maximum absolute atomic E-state index is 8.92. The van der Waals surface area contributed by atoms with Crippen molar-refractivity contribution < 1.29 is 5.11 Å². The zero-order valence-electron chi connectivity index (χ0n) is 22.6. The summed E-state index contributed by atoms with van der Waals surface area (Å²) in [5.74, 6) is 1.57. The lowest BCUT2D eigenvalue weighted by Gasteiger charge is -2.33. The fourth-order valence-electron chi connectivity index (χ4n) is 5.09. The molecular weight excluding hydrogens is 463 g/mol. The van der Waals surface area contributed by atoms with Crippen LogP contribution in [-0.2, 0) is 6.54 Å². The van der Waals surface area contributed by atoms with Gasteiger partial charge in [-0.2, -0.15) is 0 Å². The zero-order valence-corrected chi connectivity index (χ0v) is 22.6. The van der Waals surface area contributed by atoms with Gasteiger partial charge in [0.05, 0.1) is 0 Å². The highest BCUT2D eigenvalue weighted by Gasteiger charge is 2.26. The van der Waals surface area contributed by atoms with Crippen LogP contribution in [0, 0.1) is 25.7 Å². The van der Waals surface area contributed by atoms with Gasteiger partial charge in [-0.05, 0) is 81.3 Å². The summed E-state index contributed by atoms with van der Waals surface area (Å²) in [5.41, 5.74) is 7.60. The number of fused-ring (bicyclic) bond motifs is 1. The molecule has 1 atom stereocenters. The van der Waals surface area contributed by atoms with Crippen LogP contribution in [0.3, 0.4) is 0 Å². The van der Waals surface area contributed by atoms with Gasteiger partial charge in [0.1, 0.15) is 13.6 Å². The molecule has 0 spiro atoms. The molecule has 38 heavy (non-hydrogen) atoms. The summed E-state index contributed by atoms with van der Waals surface area (Å²) >= 11 is 0. The molecule has 2 radical (unpaired) electrons. The number of nitrogens with one attached hydrogen (secondary N) is 1. The number of benzene rings is 2. The van der Waals surface area contributed by atoms with E-state index in [9.17, 15) is 0 Å². The molecule has 0 aromatic heterocycles. The van der Waals surface area contributed by atoms with Crippen molar-refractivity contribution in [1.29, 1.82) is 0 Å². The van der Waals surface area contributed by atoms with Gasteiger partial charge in [-0.1, -0.05) is 100 Å². The molecule has 3 nitrogen and oxygen atoms in total. The molecule has 1 aliphatic heterocycles. The van der Waals surface area contributed by atoms with Crippen LogP contribution in [0.1, 0.15) is 71.1 Å². The van der Waals surface area contributed by atoms with Gasteiger partial charge in [-0.15, -0.1) is 0 Å². The number of aryl methyl sites for hydroxylation is 2. The number of phenolic OH excluding ortho intramolecular Hbond substituents is 1. The maximum atomic E-state index is 8.92. The second kappa shape index (κ2) is 17.0. The minimum atomic E-state index is 0. The summed E-state index contributed by atoms with van der Waals surface area (Å²) in [4.78, 5) is 2.61. The van der Waals surface area contributed by atoms with Gasteiger partial charge in [0, 0.05) is 24.7 Å². The Kier molecular flexibility index (Phi) is 14.9. The largest absolute Gasteiger partial charge is 0.508 e. The lowest BCUT2D eigenvalue weighted by Crippen LogP contribution is -2.37.